The zero-order valence-corrected chi connectivity index (χ0v) is 10.4. The number of nitrogens with zero attached hydrogens (tertiary/aromatic N) is 1. The number of nitrogens with one attached hydrogen (secondary N) is 1. The van der Waals surface area contributed by atoms with Crippen molar-refractivity contribution in [1.29, 1.82) is 0 Å². The lowest BCUT2D eigenvalue weighted by atomic mass is 10.1. The molecule has 0 aromatic carbocycles. The lowest BCUT2D eigenvalue weighted by Gasteiger charge is -2.30. The minimum absolute atomic E-state index is 0.0148. The lowest BCUT2D eigenvalue weighted by molar-refractivity contribution is 0.0504. The minimum Gasteiger partial charge on any atom is -0.383 e. The summed E-state index contributed by atoms with van der Waals surface area (Å²) in [6.07, 6.45) is 0. The second kappa shape index (κ2) is 6.70. The topological polar surface area (TPSA) is 50.8 Å². The van der Waals surface area contributed by atoms with Gasteiger partial charge in [0.2, 0.25) is 0 Å². The summed E-state index contributed by atoms with van der Waals surface area (Å²) in [5.74, 6) is 0.366. The molecule has 0 aromatic heterocycles. The van der Waals surface area contributed by atoms with E-state index in [0.717, 1.165) is 0 Å². The average Bonchev–Trinajstić information content (AvgIpc) is 2.29. The molecule has 1 rings (SSSR count). The van der Waals surface area contributed by atoms with Gasteiger partial charge in [0.05, 0.1) is 25.9 Å². The van der Waals surface area contributed by atoms with E-state index in [1.807, 2.05) is 0 Å². The van der Waals surface area contributed by atoms with Gasteiger partial charge in [-0.3, -0.25) is 0 Å². The van der Waals surface area contributed by atoms with Crippen molar-refractivity contribution < 1.29 is 14.3 Å². The third-order valence-corrected chi connectivity index (χ3v) is 2.76. The number of carbonyl (C=O) groups is 1. The molecule has 0 spiro atoms. The fourth-order valence-corrected chi connectivity index (χ4v) is 1.60. The van der Waals surface area contributed by atoms with Crippen molar-refractivity contribution in [2.45, 2.75) is 19.9 Å². The molecule has 0 aromatic rings. The van der Waals surface area contributed by atoms with Gasteiger partial charge < -0.3 is 19.7 Å². The van der Waals surface area contributed by atoms with E-state index in [2.05, 4.69) is 19.2 Å². The van der Waals surface area contributed by atoms with Gasteiger partial charge in [-0.1, -0.05) is 13.8 Å². The molecular formula is C11H22N2O3. The maximum absolute atomic E-state index is 11.9. The van der Waals surface area contributed by atoms with Crippen LogP contribution < -0.4 is 5.32 Å². The maximum Gasteiger partial charge on any atom is 0.317 e. The van der Waals surface area contributed by atoms with Gasteiger partial charge in [0.25, 0.3) is 0 Å². The van der Waals surface area contributed by atoms with Crippen LogP contribution in [0.4, 0.5) is 4.79 Å². The summed E-state index contributed by atoms with van der Waals surface area (Å²) in [6.45, 7) is 7.29. The van der Waals surface area contributed by atoms with Crippen molar-refractivity contribution in [3.63, 3.8) is 0 Å². The summed E-state index contributed by atoms with van der Waals surface area (Å²) in [6, 6.07) is 0.0550. The molecule has 1 aliphatic heterocycles. The zero-order valence-electron chi connectivity index (χ0n) is 10.4. The third-order valence-electron chi connectivity index (χ3n) is 2.76. The molecule has 2 amide bonds. The van der Waals surface area contributed by atoms with Gasteiger partial charge in [-0.05, 0) is 5.92 Å². The van der Waals surface area contributed by atoms with E-state index in [-0.39, 0.29) is 12.1 Å². The number of hydrogen-bond acceptors (Lipinski definition) is 3. The van der Waals surface area contributed by atoms with E-state index < -0.39 is 0 Å². The highest BCUT2D eigenvalue weighted by molar-refractivity contribution is 5.74. The van der Waals surface area contributed by atoms with Crippen LogP contribution in [0.2, 0.25) is 0 Å². The molecule has 0 radical (unpaired) electrons. The molecule has 0 saturated carbocycles. The Labute approximate surface area is 97.1 Å². The molecule has 1 heterocycles. The number of amides is 2. The Morgan fingerprint density at radius 2 is 2.06 bits per heavy atom. The number of hydrogen-bond donors (Lipinski definition) is 1. The van der Waals surface area contributed by atoms with Gasteiger partial charge in [0.1, 0.15) is 0 Å². The van der Waals surface area contributed by atoms with Crippen molar-refractivity contribution in [1.82, 2.24) is 10.2 Å². The van der Waals surface area contributed by atoms with Crippen LogP contribution in [-0.4, -0.2) is 57.0 Å². The number of carbonyl (C=O) groups excluding carboxylic acids is 1. The second-order valence-electron chi connectivity index (χ2n) is 4.35. The molecule has 94 valence electrons. The number of morpholine rings is 1. The molecule has 5 heteroatoms. The van der Waals surface area contributed by atoms with Gasteiger partial charge >= 0.3 is 6.03 Å². The predicted molar refractivity (Wildman–Crippen MR) is 61.4 cm³/mol. The van der Waals surface area contributed by atoms with Crippen molar-refractivity contribution in [3.8, 4) is 0 Å². The quantitative estimate of drug-likeness (QED) is 0.773. The molecule has 1 N–H and O–H groups in total. The minimum atomic E-state index is -0.0148. The summed E-state index contributed by atoms with van der Waals surface area (Å²) in [5.41, 5.74) is 0. The number of urea groups is 1. The van der Waals surface area contributed by atoms with Crippen LogP contribution in [0.25, 0.3) is 0 Å². The van der Waals surface area contributed by atoms with Crippen LogP contribution in [0.5, 0.6) is 0 Å². The zero-order chi connectivity index (χ0) is 12.0. The SMILES string of the molecule is COCC(NC(=O)N1CCOCC1)C(C)C. The Bertz CT molecular complexity index is 215. The van der Waals surface area contributed by atoms with Crippen molar-refractivity contribution in [2.75, 3.05) is 40.0 Å². The Kier molecular flexibility index (Phi) is 5.55. The van der Waals surface area contributed by atoms with Crippen LogP contribution >= 0.6 is 0 Å². The van der Waals surface area contributed by atoms with Crippen molar-refractivity contribution in [3.05, 3.63) is 0 Å². The van der Waals surface area contributed by atoms with Crippen molar-refractivity contribution in [2.24, 2.45) is 5.92 Å². The normalized spacial score (nSPS) is 18.6. The standard InChI is InChI=1S/C11H22N2O3/c1-9(2)10(8-15-3)12-11(14)13-4-6-16-7-5-13/h9-10H,4-8H2,1-3H3,(H,12,14). The molecule has 5 nitrogen and oxygen atoms in total. The first-order valence-electron chi connectivity index (χ1n) is 5.77. The van der Waals surface area contributed by atoms with Crippen LogP contribution in [0.3, 0.4) is 0 Å². The van der Waals surface area contributed by atoms with E-state index in [0.29, 0.717) is 38.8 Å². The van der Waals surface area contributed by atoms with E-state index in [4.69, 9.17) is 9.47 Å². The molecular weight excluding hydrogens is 208 g/mol. The van der Waals surface area contributed by atoms with E-state index in [1.165, 1.54) is 0 Å². The largest absolute Gasteiger partial charge is 0.383 e. The van der Waals surface area contributed by atoms with E-state index in [1.54, 1.807) is 12.0 Å². The van der Waals surface area contributed by atoms with Gasteiger partial charge in [-0.2, -0.15) is 0 Å². The molecule has 0 bridgehead atoms. The predicted octanol–water partition coefficient (Wildman–Crippen LogP) is 0.699. The Hall–Kier alpha value is -0.810. The Balaban J connectivity index is 2.40. The molecule has 16 heavy (non-hydrogen) atoms. The van der Waals surface area contributed by atoms with Crippen LogP contribution in [0.1, 0.15) is 13.8 Å². The third kappa shape index (κ3) is 3.98. The number of rotatable bonds is 4. The molecule has 1 atom stereocenters. The fourth-order valence-electron chi connectivity index (χ4n) is 1.60. The molecule has 1 fully saturated rings. The molecule has 0 aliphatic carbocycles. The fraction of sp³-hybridized carbons (Fsp3) is 0.909. The number of methoxy groups -OCH3 is 1. The number of ether oxygens (including phenoxy) is 2. The first-order chi connectivity index (χ1) is 7.65. The van der Waals surface area contributed by atoms with Crippen LogP contribution in [0.15, 0.2) is 0 Å². The highest BCUT2D eigenvalue weighted by Crippen LogP contribution is 2.04. The second-order valence-corrected chi connectivity index (χ2v) is 4.35. The Morgan fingerprint density at radius 1 is 1.44 bits per heavy atom. The molecule has 1 unspecified atom stereocenters. The first-order valence-corrected chi connectivity index (χ1v) is 5.77. The summed E-state index contributed by atoms with van der Waals surface area (Å²) in [5, 5.41) is 2.99. The lowest BCUT2D eigenvalue weighted by Crippen LogP contribution is -2.51. The van der Waals surface area contributed by atoms with E-state index >= 15 is 0 Å². The van der Waals surface area contributed by atoms with Crippen LogP contribution in [-0.2, 0) is 9.47 Å². The van der Waals surface area contributed by atoms with Crippen molar-refractivity contribution >= 4 is 6.03 Å². The highest BCUT2D eigenvalue weighted by Gasteiger charge is 2.21. The summed E-state index contributed by atoms with van der Waals surface area (Å²) in [7, 11) is 1.65. The highest BCUT2D eigenvalue weighted by atomic mass is 16.5. The smallest absolute Gasteiger partial charge is 0.317 e. The van der Waals surface area contributed by atoms with E-state index in [9.17, 15) is 4.79 Å². The first kappa shape index (κ1) is 13.3. The van der Waals surface area contributed by atoms with Gasteiger partial charge in [0.15, 0.2) is 0 Å². The summed E-state index contributed by atoms with van der Waals surface area (Å²) < 4.78 is 10.3. The Morgan fingerprint density at radius 3 is 2.56 bits per heavy atom. The summed E-state index contributed by atoms with van der Waals surface area (Å²) in [4.78, 5) is 13.7. The van der Waals surface area contributed by atoms with Gasteiger partial charge in [-0.15, -0.1) is 0 Å². The van der Waals surface area contributed by atoms with Gasteiger partial charge in [-0.25, -0.2) is 4.79 Å². The molecule has 1 saturated heterocycles. The van der Waals surface area contributed by atoms with Crippen LogP contribution in [0, 0.1) is 5.92 Å². The maximum atomic E-state index is 11.9. The average molecular weight is 230 g/mol. The van der Waals surface area contributed by atoms with Gasteiger partial charge in [0, 0.05) is 20.2 Å². The molecule has 1 aliphatic rings. The monoisotopic (exact) mass is 230 g/mol. The summed E-state index contributed by atoms with van der Waals surface area (Å²) >= 11 is 0.